The van der Waals surface area contributed by atoms with Crippen LogP contribution < -0.4 is 0 Å². The number of piperidine rings is 1. The average Bonchev–Trinajstić information content (AvgIpc) is 2.85. The Morgan fingerprint density at radius 2 is 1.33 bits per heavy atom. The monoisotopic (exact) mass is 588 g/mol. The highest BCUT2D eigenvalue weighted by molar-refractivity contribution is 6.42. The van der Waals surface area contributed by atoms with Gasteiger partial charge >= 0.3 is 0 Å². The van der Waals surface area contributed by atoms with Gasteiger partial charge in [0.25, 0.3) is 0 Å². The molecule has 4 rings (SSSR count). The van der Waals surface area contributed by atoms with Crippen molar-refractivity contribution >= 4 is 82.7 Å². The predicted octanol–water partition coefficient (Wildman–Crippen LogP) is 6.32. The van der Waals surface area contributed by atoms with E-state index in [0.717, 1.165) is 24.2 Å². The Morgan fingerprint density at radius 1 is 0.833 bits per heavy atom. The van der Waals surface area contributed by atoms with E-state index in [4.69, 9.17) is 51.1 Å². The van der Waals surface area contributed by atoms with Crippen LogP contribution in [0.15, 0.2) is 47.5 Å². The summed E-state index contributed by atoms with van der Waals surface area (Å²) in [7, 11) is 0. The Kier molecular flexibility index (Phi) is 10.7. The maximum Gasteiger partial charge on any atom is 0.224 e. The van der Waals surface area contributed by atoms with E-state index in [9.17, 15) is 9.59 Å². The third-order valence-corrected chi connectivity index (χ3v) is 7.45. The molecule has 2 fully saturated rings. The number of carbonyl (C=O) groups excluding carboxylic acids is 2. The standard InChI is InChI=1S/C26H24Cl4N2O3.ClH/c27-21-3-1-17(13-23(21)29)11-19-15-32(25(33)5-6-31-7-9-35-10-8-31)16-20(26(19)34)12-18-2-4-22(28)24(30)14-18;/h1-4,11-14H,5-10,15-16H2;1H/b19-11-,20-12-;. The molecule has 0 N–H and O–H groups in total. The maximum atomic E-state index is 13.4. The van der Waals surface area contributed by atoms with Gasteiger partial charge < -0.3 is 9.64 Å². The molecule has 0 bridgehead atoms. The molecule has 0 aliphatic carbocycles. The molecule has 2 saturated heterocycles. The van der Waals surface area contributed by atoms with Crippen LogP contribution >= 0.6 is 58.8 Å². The second-order valence-electron chi connectivity index (χ2n) is 8.47. The van der Waals surface area contributed by atoms with Gasteiger partial charge in [0.15, 0.2) is 5.78 Å². The van der Waals surface area contributed by atoms with Gasteiger partial charge in [0, 0.05) is 50.3 Å². The van der Waals surface area contributed by atoms with E-state index in [1.807, 2.05) is 0 Å². The minimum absolute atomic E-state index is 0. The SMILES string of the molecule is Cl.O=C1/C(=C\c2ccc(Cl)c(Cl)c2)CN(C(=O)CCN2CCOCC2)C/C1=C/c1ccc(Cl)c(Cl)c1. The highest BCUT2D eigenvalue weighted by Crippen LogP contribution is 2.28. The van der Waals surface area contributed by atoms with Crippen molar-refractivity contribution in [3.63, 3.8) is 0 Å². The first kappa shape index (κ1) is 29.0. The Bertz CT molecular complexity index is 1120. The van der Waals surface area contributed by atoms with Gasteiger partial charge in [-0.25, -0.2) is 0 Å². The van der Waals surface area contributed by atoms with Crippen molar-refractivity contribution in [1.29, 1.82) is 0 Å². The van der Waals surface area contributed by atoms with Crippen LogP contribution in [-0.2, 0) is 14.3 Å². The smallest absolute Gasteiger partial charge is 0.224 e. The first-order chi connectivity index (χ1) is 16.8. The number of likely N-dealkylation sites (tertiary alicyclic amines) is 1. The lowest BCUT2D eigenvalue weighted by Gasteiger charge is -2.31. The van der Waals surface area contributed by atoms with Gasteiger partial charge in [-0.1, -0.05) is 58.5 Å². The number of Topliss-reactive ketones (excluding diaryl/α,β-unsaturated/α-hetero) is 1. The number of ether oxygens (including phenoxy) is 1. The molecule has 0 atom stereocenters. The first-order valence-corrected chi connectivity index (χ1v) is 12.7. The zero-order chi connectivity index (χ0) is 24.9. The van der Waals surface area contributed by atoms with Gasteiger partial charge in [0.1, 0.15) is 0 Å². The molecule has 10 heteroatoms. The maximum absolute atomic E-state index is 13.4. The molecule has 0 spiro atoms. The second-order valence-corrected chi connectivity index (χ2v) is 10.1. The van der Waals surface area contributed by atoms with Crippen LogP contribution in [0, 0.1) is 0 Å². The molecule has 192 valence electrons. The number of halogens is 5. The number of ketones is 1. The molecule has 0 aromatic heterocycles. The molecule has 2 aliphatic heterocycles. The molecule has 36 heavy (non-hydrogen) atoms. The third kappa shape index (κ3) is 7.48. The van der Waals surface area contributed by atoms with Gasteiger partial charge in [-0.15, -0.1) is 12.4 Å². The molecule has 0 saturated carbocycles. The van der Waals surface area contributed by atoms with Gasteiger partial charge in [-0.2, -0.15) is 0 Å². The minimum atomic E-state index is -0.126. The van der Waals surface area contributed by atoms with Gasteiger partial charge in [-0.3, -0.25) is 14.5 Å². The number of hydrogen-bond acceptors (Lipinski definition) is 4. The fourth-order valence-corrected chi connectivity index (χ4v) is 4.67. The quantitative estimate of drug-likeness (QED) is 0.383. The molecule has 2 aromatic rings. The summed E-state index contributed by atoms with van der Waals surface area (Å²) in [5.41, 5.74) is 2.47. The summed E-state index contributed by atoms with van der Waals surface area (Å²) >= 11 is 24.4. The number of rotatable bonds is 5. The van der Waals surface area contributed by atoms with Crippen LogP contribution in [-0.4, -0.2) is 67.4 Å². The van der Waals surface area contributed by atoms with E-state index in [1.54, 1.807) is 53.5 Å². The second kappa shape index (κ2) is 13.3. The van der Waals surface area contributed by atoms with Crippen LogP contribution in [0.3, 0.4) is 0 Å². The van der Waals surface area contributed by atoms with Crippen molar-refractivity contribution < 1.29 is 14.3 Å². The van der Waals surface area contributed by atoms with E-state index in [1.165, 1.54) is 0 Å². The van der Waals surface area contributed by atoms with E-state index in [-0.39, 0.29) is 37.2 Å². The average molecular weight is 591 g/mol. The summed E-state index contributed by atoms with van der Waals surface area (Å²) in [5.74, 6) is -0.136. The van der Waals surface area contributed by atoms with E-state index >= 15 is 0 Å². The number of amides is 1. The van der Waals surface area contributed by atoms with Gasteiger partial charge in [0.2, 0.25) is 5.91 Å². The summed E-state index contributed by atoms with van der Waals surface area (Å²) in [4.78, 5) is 30.5. The van der Waals surface area contributed by atoms with Gasteiger partial charge in [-0.05, 0) is 47.5 Å². The number of hydrogen-bond donors (Lipinski definition) is 0. The van der Waals surface area contributed by atoms with Crippen LogP contribution in [0.25, 0.3) is 12.2 Å². The predicted molar refractivity (Wildman–Crippen MR) is 150 cm³/mol. The lowest BCUT2D eigenvalue weighted by Crippen LogP contribution is -2.44. The van der Waals surface area contributed by atoms with E-state index in [2.05, 4.69) is 4.90 Å². The zero-order valence-electron chi connectivity index (χ0n) is 19.3. The summed E-state index contributed by atoms with van der Waals surface area (Å²) in [6.45, 7) is 4.09. The molecule has 0 radical (unpaired) electrons. The van der Waals surface area contributed by atoms with Crippen molar-refractivity contribution in [2.45, 2.75) is 6.42 Å². The Hall–Kier alpha value is -1.57. The van der Waals surface area contributed by atoms with Crippen LogP contribution in [0.4, 0.5) is 0 Å². The lowest BCUT2D eigenvalue weighted by molar-refractivity contribution is -0.131. The fraction of sp³-hybridized carbons (Fsp3) is 0.308. The Labute approximate surface area is 237 Å². The number of benzene rings is 2. The van der Waals surface area contributed by atoms with Gasteiger partial charge in [0.05, 0.1) is 33.3 Å². The molecule has 2 aliphatic rings. The number of nitrogens with zero attached hydrogens (tertiary/aromatic N) is 2. The summed E-state index contributed by atoms with van der Waals surface area (Å²) < 4.78 is 5.38. The molecular formula is C26H25Cl5N2O3. The molecule has 2 aromatic carbocycles. The number of carbonyl (C=O) groups is 2. The zero-order valence-corrected chi connectivity index (χ0v) is 23.2. The summed E-state index contributed by atoms with van der Waals surface area (Å²) in [6.07, 6.45) is 3.89. The molecule has 1 amide bonds. The van der Waals surface area contributed by atoms with Crippen molar-refractivity contribution in [2.24, 2.45) is 0 Å². The van der Waals surface area contributed by atoms with Crippen LogP contribution in [0.5, 0.6) is 0 Å². The molecule has 0 unspecified atom stereocenters. The molecule has 2 heterocycles. The van der Waals surface area contributed by atoms with E-state index < -0.39 is 0 Å². The lowest BCUT2D eigenvalue weighted by atomic mass is 9.94. The summed E-state index contributed by atoms with van der Waals surface area (Å²) in [6, 6.07) is 10.3. The molecular weight excluding hydrogens is 566 g/mol. The highest BCUT2D eigenvalue weighted by atomic mass is 35.5. The Balaban J connectivity index is 0.00000361. The van der Waals surface area contributed by atoms with Crippen molar-refractivity contribution in [3.05, 3.63) is 78.8 Å². The molecule has 5 nitrogen and oxygen atoms in total. The first-order valence-electron chi connectivity index (χ1n) is 11.2. The third-order valence-electron chi connectivity index (χ3n) is 5.97. The van der Waals surface area contributed by atoms with Crippen molar-refractivity contribution in [2.75, 3.05) is 45.9 Å². The van der Waals surface area contributed by atoms with Crippen LogP contribution in [0.1, 0.15) is 17.5 Å². The minimum Gasteiger partial charge on any atom is -0.379 e. The van der Waals surface area contributed by atoms with Crippen molar-refractivity contribution in [1.82, 2.24) is 9.80 Å². The Morgan fingerprint density at radius 3 is 1.81 bits per heavy atom. The largest absolute Gasteiger partial charge is 0.379 e. The highest BCUT2D eigenvalue weighted by Gasteiger charge is 2.29. The summed E-state index contributed by atoms with van der Waals surface area (Å²) in [5, 5.41) is 1.66. The number of morpholine rings is 1. The fourth-order valence-electron chi connectivity index (χ4n) is 4.06. The normalized spacial score (nSPS) is 19.0. The van der Waals surface area contributed by atoms with E-state index in [0.29, 0.717) is 57.4 Å². The van der Waals surface area contributed by atoms with Crippen molar-refractivity contribution in [3.8, 4) is 0 Å². The van der Waals surface area contributed by atoms with Crippen LogP contribution in [0.2, 0.25) is 20.1 Å². The topological polar surface area (TPSA) is 49.9 Å².